The van der Waals surface area contributed by atoms with Gasteiger partial charge in [-0.1, -0.05) is 11.8 Å². The smallest absolute Gasteiger partial charge is 0.159 e. The van der Waals surface area contributed by atoms with E-state index >= 15 is 0 Å². The van der Waals surface area contributed by atoms with Gasteiger partial charge in [-0.3, -0.25) is 4.99 Å². The lowest BCUT2D eigenvalue weighted by molar-refractivity contribution is 0.267. The molecule has 2 N–H and O–H groups in total. The van der Waals surface area contributed by atoms with Gasteiger partial charge >= 0.3 is 0 Å². The van der Waals surface area contributed by atoms with Crippen LogP contribution in [0.15, 0.2) is 4.99 Å². The zero-order chi connectivity index (χ0) is 9.10. The predicted molar refractivity (Wildman–Crippen MR) is 58.1 cm³/mol. The molecule has 3 nitrogen and oxygen atoms in total. The quantitative estimate of drug-likeness (QED) is 0.678. The summed E-state index contributed by atoms with van der Waals surface area (Å²) in [6, 6.07) is 0. The molecule has 0 amide bonds. The van der Waals surface area contributed by atoms with Crippen LogP contribution in [0.5, 0.6) is 0 Å². The van der Waals surface area contributed by atoms with E-state index in [-0.39, 0.29) is 0 Å². The van der Waals surface area contributed by atoms with Gasteiger partial charge in [0.05, 0.1) is 6.54 Å². The van der Waals surface area contributed by atoms with Crippen molar-refractivity contribution in [2.75, 3.05) is 31.9 Å². The highest BCUT2D eigenvalue weighted by Gasteiger charge is 2.22. The SMILES string of the molecule is NC[C@H]1CCCN(C2=NCCS2)C1. The molecule has 2 rings (SSSR count). The molecule has 0 unspecified atom stereocenters. The fourth-order valence-electron chi connectivity index (χ4n) is 1.95. The van der Waals surface area contributed by atoms with Crippen LogP contribution in [0.25, 0.3) is 0 Å². The van der Waals surface area contributed by atoms with E-state index < -0.39 is 0 Å². The van der Waals surface area contributed by atoms with E-state index in [4.69, 9.17) is 5.73 Å². The van der Waals surface area contributed by atoms with E-state index in [2.05, 4.69) is 9.89 Å². The molecule has 1 fully saturated rings. The van der Waals surface area contributed by atoms with Gasteiger partial charge in [0.25, 0.3) is 0 Å². The van der Waals surface area contributed by atoms with Crippen LogP contribution in [-0.2, 0) is 0 Å². The number of rotatable bonds is 1. The number of thioether (sulfide) groups is 1. The molecule has 0 aromatic carbocycles. The lowest BCUT2D eigenvalue weighted by Gasteiger charge is -2.33. The Bertz CT molecular complexity index is 205. The van der Waals surface area contributed by atoms with Crippen molar-refractivity contribution in [3.8, 4) is 0 Å². The third kappa shape index (κ3) is 2.17. The largest absolute Gasteiger partial charge is 0.351 e. The first-order valence-corrected chi connectivity index (χ1v) is 6.01. The minimum atomic E-state index is 0.692. The number of likely N-dealkylation sites (tertiary alicyclic amines) is 1. The third-order valence-electron chi connectivity index (χ3n) is 2.69. The Morgan fingerprint density at radius 1 is 1.62 bits per heavy atom. The first kappa shape index (κ1) is 9.34. The van der Waals surface area contributed by atoms with Gasteiger partial charge in [-0.25, -0.2) is 0 Å². The molecule has 74 valence electrons. The van der Waals surface area contributed by atoms with Crippen LogP contribution < -0.4 is 5.73 Å². The van der Waals surface area contributed by atoms with Crippen LogP contribution in [-0.4, -0.2) is 42.0 Å². The third-order valence-corrected chi connectivity index (χ3v) is 3.72. The fraction of sp³-hybridized carbons (Fsp3) is 0.889. The molecular weight excluding hydrogens is 182 g/mol. The lowest BCUT2D eigenvalue weighted by atomic mass is 9.99. The zero-order valence-corrected chi connectivity index (χ0v) is 8.72. The lowest BCUT2D eigenvalue weighted by Crippen LogP contribution is -2.40. The van der Waals surface area contributed by atoms with E-state index in [1.165, 1.54) is 30.3 Å². The monoisotopic (exact) mass is 199 g/mol. The van der Waals surface area contributed by atoms with Gasteiger partial charge in [-0.05, 0) is 25.3 Å². The second kappa shape index (κ2) is 4.33. The molecule has 13 heavy (non-hydrogen) atoms. The van der Waals surface area contributed by atoms with Crippen LogP contribution >= 0.6 is 11.8 Å². The molecule has 4 heteroatoms. The first-order chi connectivity index (χ1) is 6.40. The second-order valence-corrected chi connectivity index (χ2v) is 4.76. The van der Waals surface area contributed by atoms with Crippen molar-refractivity contribution in [2.45, 2.75) is 12.8 Å². The van der Waals surface area contributed by atoms with Crippen LogP contribution in [0, 0.1) is 5.92 Å². The van der Waals surface area contributed by atoms with Crippen LogP contribution in [0.2, 0.25) is 0 Å². The molecule has 2 aliphatic heterocycles. The summed E-state index contributed by atoms with van der Waals surface area (Å²) >= 11 is 1.90. The van der Waals surface area contributed by atoms with E-state index in [1.807, 2.05) is 11.8 Å². The number of amidine groups is 1. The molecule has 0 bridgehead atoms. The van der Waals surface area contributed by atoms with Crippen molar-refractivity contribution < 1.29 is 0 Å². The molecule has 1 atom stereocenters. The summed E-state index contributed by atoms with van der Waals surface area (Å²) in [5.41, 5.74) is 5.69. The van der Waals surface area contributed by atoms with Gasteiger partial charge in [-0.2, -0.15) is 0 Å². The number of piperidine rings is 1. The van der Waals surface area contributed by atoms with Crippen molar-refractivity contribution in [1.29, 1.82) is 0 Å². The summed E-state index contributed by atoms with van der Waals surface area (Å²) in [7, 11) is 0. The summed E-state index contributed by atoms with van der Waals surface area (Å²) in [6.07, 6.45) is 2.58. The predicted octanol–water partition coefficient (Wildman–Crippen LogP) is 0.760. The summed E-state index contributed by atoms with van der Waals surface area (Å²) < 4.78 is 0. The van der Waals surface area contributed by atoms with Crippen LogP contribution in [0.4, 0.5) is 0 Å². The molecule has 0 saturated carbocycles. The Kier molecular flexibility index (Phi) is 3.11. The summed E-state index contributed by atoms with van der Waals surface area (Å²) in [4.78, 5) is 6.91. The molecule has 2 heterocycles. The number of aliphatic imine (C=N–C) groups is 1. The van der Waals surface area contributed by atoms with Gasteiger partial charge in [0.2, 0.25) is 0 Å². The summed E-state index contributed by atoms with van der Waals surface area (Å²) in [6.45, 7) is 4.14. The molecule has 0 aromatic rings. The molecular formula is C9H17N3S. The fourth-order valence-corrected chi connectivity index (χ4v) is 2.84. The highest BCUT2D eigenvalue weighted by molar-refractivity contribution is 8.14. The van der Waals surface area contributed by atoms with Gasteiger partial charge < -0.3 is 10.6 Å². The summed E-state index contributed by atoms with van der Waals surface area (Å²) in [5.74, 6) is 1.86. The molecule has 0 radical (unpaired) electrons. The van der Waals surface area contributed by atoms with Gasteiger partial charge in [0, 0.05) is 18.8 Å². The maximum absolute atomic E-state index is 5.69. The molecule has 0 spiro atoms. The van der Waals surface area contributed by atoms with Crippen molar-refractivity contribution in [1.82, 2.24) is 4.90 Å². The Morgan fingerprint density at radius 3 is 3.23 bits per heavy atom. The molecule has 2 aliphatic rings. The Morgan fingerprint density at radius 2 is 2.54 bits per heavy atom. The number of hydrogen-bond donors (Lipinski definition) is 1. The Hall–Kier alpha value is -0.220. The number of nitrogens with zero attached hydrogens (tertiary/aromatic N) is 2. The standard InChI is InChI=1S/C9H17N3S/c10-6-8-2-1-4-12(7-8)9-11-3-5-13-9/h8H,1-7,10H2/t8-/m1/s1. The van der Waals surface area contributed by atoms with E-state index in [9.17, 15) is 0 Å². The summed E-state index contributed by atoms with van der Waals surface area (Å²) in [5, 5.41) is 1.26. The minimum absolute atomic E-state index is 0.692. The van der Waals surface area contributed by atoms with Gasteiger partial charge in [0.15, 0.2) is 5.17 Å². The topological polar surface area (TPSA) is 41.6 Å². The second-order valence-electron chi connectivity index (χ2n) is 3.70. The number of nitrogens with two attached hydrogens (primary N) is 1. The van der Waals surface area contributed by atoms with Gasteiger partial charge in [0.1, 0.15) is 0 Å². The zero-order valence-electron chi connectivity index (χ0n) is 7.91. The van der Waals surface area contributed by atoms with E-state index in [0.717, 1.165) is 19.6 Å². The molecule has 0 aromatic heterocycles. The Balaban J connectivity index is 1.91. The normalized spacial score (nSPS) is 29.2. The number of hydrogen-bond acceptors (Lipinski definition) is 4. The van der Waals surface area contributed by atoms with Crippen molar-refractivity contribution in [3.05, 3.63) is 0 Å². The average molecular weight is 199 g/mol. The van der Waals surface area contributed by atoms with Crippen molar-refractivity contribution in [2.24, 2.45) is 16.6 Å². The molecule has 0 aliphatic carbocycles. The maximum atomic E-state index is 5.69. The van der Waals surface area contributed by atoms with Crippen molar-refractivity contribution in [3.63, 3.8) is 0 Å². The highest BCUT2D eigenvalue weighted by Crippen LogP contribution is 2.22. The van der Waals surface area contributed by atoms with Crippen molar-refractivity contribution >= 4 is 16.9 Å². The van der Waals surface area contributed by atoms with E-state index in [0.29, 0.717) is 5.92 Å². The van der Waals surface area contributed by atoms with E-state index in [1.54, 1.807) is 0 Å². The van der Waals surface area contributed by atoms with Gasteiger partial charge in [-0.15, -0.1) is 0 Å². The average Bonchev–Trinajstić information content (AvgIpc) is 2.71. The minimum Gasteiger partial charge on any atom is -0.351 e. The van der Waals surface area contributed by atoms with Crippen LogP contribution in [0.1, 0.15) is 12.8 Å². The molecule has 1 saturated heterocycles. The van der Waals surface area contributed by atoms with Crippen LogP contribution in [0.3, 0.4) is 0 Å². The Labute approximate surface area is 83.8 Å². The highest BCUT2D eigenvalue weighted by atomic mass is 32.2. The maximum Gasteiger partial charge on any atom is 0.159 e. The first-order valence-electron chi connectivity index (χ1n) is 5.02.